The van der Waals surface area contributed by atoms with Crippen LogP contribution in [0.5, 0.6) is 0 Å². The zero-order valence-electron chi connectivity index (χ0n) is 18.2. The van der Waals surface area contributed by atoms with E-state index >= 15 is 0 Å². The molecule has 1 aromatic carbocycles. The Morgan fingerprint density at radius 3 is 2.47 bits per heavy atom. The van der Waals surface area contributed by atoms with Gasteiger partial charge < -0.3 is 14.4 Å². The van der Waals surface area contributed by atoms with Gasteiger partial charge in [-0.25, -0.2) is 12.7 Å². The highest BCUT2D eigenvalue weighted by atomic mass is 35.5. The van der Waals surface area contributed by atoms with Crippen LogP contribution in [0.2, 0.25) is 0 Å². The van der Waals surface area contributed by atoms with E-state index in [1.54, 1.807) is 10.6 Å². The van der Waals surface area contributed by atoms with E-state index in [-0.39, 0.29) is 18.7 Å². The van der Waals surface area contributed by atoms with Gasteiger partial charge in [-0.2, -0.15) is 0 Å². The molecule has 0 amide bonds. The number of hydrogen-bond acceptors (Lipinski definition) is 5. The lowest BCUT2D eigenvalue weighted by atomic mass is 9.96. The van der Waals surface area contributed by atoms with E-state index in [9.17, 15) is 8.42 Å². The van der Waals surface area contributed by atoms with Crippen molar-refractivity contribution in [1.82, 2.24) is 9.21 Å². The molecule has 2 aliphatic rings. The third-order valence-electron chi connectivity index (χ3n) is 5.94. The minimum absolute atomic E-state index is 0. The molecule has 1 aromatic rings. The zero-order valence-corrected chi connectivity index (χ0v) is 19.8. The van der Waals surface area contributed by atoms with Gasteiger partial charge in [0.25, 0.3) is 0 Å². The summed E-state index contributed by atoms with van der Waals surface area (Å²) in [5.74, 6) is 1.44. The van der Waals surface area contributed by atoms with Gasteiger partial charge in [0.1, 0.15) is 12.0 Å². The SMILES string of the molecule is CCN(CC1CCN(S(C)(=O)=O)CC1)C(C)CC1=COC(Cc2ccccc2)O1.Cl. The van der Waals surface area contributed by atoms with Crippen LogP contribution in [-0.2, 0) is 25.9 Å². The molecule has 0 saturated carbocycles. The summed E-state index contributed by atoms with van der Waals surface area (Å²) in [6.07, 6.45) is 6.25. The molecule has 3 rings (SSSR count). The smallest absolute Gasteiger partial charge is 0.244 e. The summed E-state index contributed by atoms with van der Waals surface area (Å²) in [6, 6.07) is 10.6. The summed E-state index contributed by atoms with van der Waals surface area (Å²) >= 11 is 0. The van der Waals surface area contributed by atoms with Gasteiger partial charge in [0.15, 0.2) is 0 Å². The number of hydrogen-bond donors (Lipinski definition) is 0. The fourth-order valence-electron chi connectivity index (χ4n) is 4.16. The van der Waals surface area contributed by atoms with Crippen molar-refractivity contribution in [2.75, 3.05) is 32.4 Å². The lowest BCUT2D eigenvalue weighted by Gasteiger charge is -2.35. The van der Waals surface area contributed by atoms with Crippen LogP contribution in [0.15, 0.2) is 42.4 Å². The Balaban J connectivity index is 0.00000320. The Hall–Kier alpha value is -1.28. The average molecular weight is 459 g/mol. The summed E-state index contributed by atoms with van der Waals surface area (Å²) < 4.78 is 36.7. The molecule has 0 bridgehead atoms. The standard InChI is InChI=1S/C22H34N2O4S.ClH/c1-4-23(16-20-10-12-24(13-11-20)29(3,25)26)18(2)14-21-17-27-22(28-21)15-19-8-6-5-7-9-19;/h5-9,17-18,20,22H,4,10-16H2,1-3H3;1H. The number of halogens is 1. The number of rotatable bonds is 9. The van der Waals surface area contributed by atoms with Gasteiger partial charge in [-0.05, 0) is 37.8 Å². The first-order valence-corrected chi connectivity index (χ1v) is 12.4. The maximum atomic E-state index is 11.7. The fourth-order valence-corrected chi connectivity index (χ4v) is 5.04. The largest absolute Gasteiger partial charge is 0.459 e. The first-order valence-electron chi connectivity index (χ1n) is 10.6. The van der Waals surface area contributed by atoms with Gasteiger partial charge in [0, 0.05) is 38.5 Å². The molecular weight excluding hydrogens is 424 g/mol. The van der Waals surface area contributed by atoms with Crippen molar-refractivity contribution in [3.05, 3.63) is 47.9 Å². The van der Waals surface area contributed by atoms with E-state index in [0.29, 0.717) is 25.0 Å². The molecule has 0 N–H and O–H groups in total. The summed E-state index contributed by atoms with van der Waals surface area (Å²) in [5, 5.41) is 0. The minimum atomic E-state index is -3.06. The van der Waals surface area contributed by atoms with Gasteiger partial charge in [0.2, 0.25) is 16.3 Å². The van der Waals surface area contributed by atoms with Crippen molar-refractivity contribution in [2.24, 2.45) is 5.92 Å². The normalized spacial score (nSPS) is 21.5. The summed E-state index contributed by atoms with van der Waals surface area (Å²) in [6.45, 7) is 7.65. The molecule has 6 nitrogen and oxygen atoms in total. The van der Waals surface area contributed by atoms with E-state index < -0.39 is 10.0 Å². The van der Waals surface area contributed by atoms with E-state index in [4.69, 9.17) is 9.47 Å². The second-order valence-electron chi connectivity index (χ2n) is 8.20. The molecule has 2 heterocycles. The van der Waals surface area contributed by atoms with Crippen LogP contribution in [0, 0.1) is 5.92 Å². The molecule has 0 radical (unpaired) electrons. The summed E-state index contributed by atoms with van der Waals surface area (Å²) in [7, 11) is -3.06. The van der Waals surface area contributed by atoms with Gasteiger partial charge in [-0.1, -0.05) is 37.3 Å². The van der Waals surface area contributed by atoms with Crippen LogP contribution in [-0.4, -0.2) is 62.4 Å². The molecule has 0 spiro atoms. The van der Waals surface area contributed by atoms with Gasteiger partial charge in [-0.3, -0.25) is 0 Å². The van der Waals surface area contributed by atoms with E-state index in [1.165, 1.54) is 11.8 Å². The molecule has 2 atom stereocenters. The monoisotopic (exact) mass is 458 g/mol. The predicted molar refractivity (Wildman–Crippen MR) is 122 cm³/mol. The number of sulfonamides is 1. The van der Waals surface area contributed by atoms with Crippen molar-refractivity contribution in [3.63, 3.8) is 0 Å². The highest BCUT2D eigenvalue weighted by Crippen LogP contribution is 2.25. The molecule has 2 unspecified atom stereocenters. The predicted octanol–water partition coefficient (Wildman–Crippen LogP) is 3.64. The van der Waals surface area contributed by atoms with Gasteiger partial charge in [0.05, 0.1) is 6.26 Å². The number of benzene rings is 1. The highest BCUT2D eigenvalue weighted by molar-refractivity contribution is 7.88. The van der Waals surface area contributed by atoms with Crippen molar-refractivity contribution >= 4 is 22.4 Å². The molecule has 30 heavy (non-hydrogen) atoms. The third-order valence-corrected chi connectivity index (χ3v) is 7.24. The van der Waals surface area contributed by atoms with Crippen molar-refractivity contribution in [3.8, 4) is 0 Å². The molecule has 2 aliphatic heterocycles. The molecule has 1 fully saturated rings. The molecule has 1 saturated heterocycles. The summed E-state index contributed by atoms with van der Waals surface area (Å²) in [4.78, 5) is 2.47. The quantitative estimate of drug-likeness (QED) is 0.565. The van der Waals surface area contributed by atoms with Crippen LogP contribution < -0.4 is 0 Å². The number of ether oxygens (including phenoxy) is 2. The average Bonchev–Trinajstić information content (AvgIpc) is 3.13. The van der Waals surface area contributed by atoms with Crippen molar-refractivity contribution in [1.29, 1.82) is 0 Å². The van der Waals surface area contributed by atoms with E-state index in [2.05, 4.69) is 30.9 Å². The Morgan fingerprint density at radius 1 is 1.20 bits per heavy atom. The lowest BCUT2D eigenvalue weighted by molar-refractivity contribution is -0.0336. The maximum Gasteiger partial charge on any atom is 0.244 e. The Bertz CT molecular complexity index is 780. The van der Waals surface area contributed by atoms with E-state index in [0.717, 1.165) is 44.5 Å². The zero-order chi connectivity index (χ0) is 20.9. The maximum absolute atomic E-state index is 11.7. The van der Waals surface area contributed by atoms with Crippen LogP contribution in [0.1, 0.15) is 38.7 Å². The van der Waals surface area contributed by atoms with Crippen molar-refractivity contribution < 1.29 is 17.9 Å². The molecule has 0 aromatic heterocycles. The highest BCUT2D eigenvalue weighted by Gasteiger charge is 2.28. The summed E-state index contributed by atoms with van der Waals surface area (Å²) in [5.41, 5.74) is 1.20. The number of piperidine rings is 1. The van der Waals surface area contributed by atoms with E-state index in [1.807, 2.05) is 18.2 Å². The molecular formula is C22H35ClN2O4S. The second kappa shape index (κ2) is 11.4. The van der Waals surface area contributed by atoms with Crippen LogP contribution in [0.3, 0.4) is 0 Å². The first kappa shape index (κ1) is 25.0. The van der Waals surface area contributed by atoms with Crippen LogP contribution in [0.25, 0.3) is 0 Å². The molecule has 170 valence electrons. The van der Waals surface area contributed by atoms with Crippen molar-refractivity contribution in [2.45, 2.75) is 51.9 Å². The Kier molecular flexibility index (Phi) is 9.47. The van der Waals surface area contributed by atoms with Crippen LogP contribution in [0.4, 0.5) is 0 Å². The molecule has 0 aliphatic carbocycles. The third kappa shape index (κ3) is 7.15. The minimum Gasteiger partial charge on any atom is -0.459 e. The number of nitrogens with zero attached hydrogens (tertiary/aromatic N) is 2. The van der Waals surface area contributed by atoms with Gasteiger partial charge >= 0.3 is 0 Å². The lowest BCUT2D eigenvalue weighted by Crippen LogP contribution is -2.43. The Labute approximate surface area is 187 Å². The molecule has 8 heteroatoms. The van der Waals surface area contributed by atoms with Crippen LogP contribution >= 0.6 is 12.4 Å². The topological polar surface area (TPSA) is 59.1 Å². The first-order chi connectivity index (χ1) is 13.8. The Morgan fingerprint density at radius 2 is 1.87 bits per heavy atom. The second-order valence-corrected chi connectivity index (χ2v) is 10.2. The fraction of sp³-hybridized carbons (Fsp3) is 0.636. The van der Waals surface area contributed by atoms with Gasteiger partial charge in [-0.15, -0.1) is 12.4 Å².